The summed E-state index contributed by atoms with van der Waals surface area (Å²) in [6.45, 7) is 0. The van der Waals surface area contributed by atoms with Gasteiger partial charge in [0.15, 0.2) is 0 Å². The lowest BCUT2D eigenvalue weighted by molar-refractivity contribution is 0.0919. The van der Waals surface area contributed by atoms with Gasteiger partial charge in [0.1, 0.15) is 10.7 Å². The molecule has 2 unspecified atom stereocenters. The molecule has 4 rings (SSSR count). The molecule has 4 nitrogen and oxygen atoms in total. The number of benzene rings is 1. The van der Waals surface area contributed by atoms with E-state index in [9.17, 15) is 4.79 Å². The van der Waals surface area contributed by atoms with Gasteiger partial charge in [-0.15, -0.1) is 36.2 Å². The van der Waals surface area contributed by atoms with Crippen molar-refractivity contribution in [1.82, 2.24) is 15.6 Å². The average molecular weight is 386 g/mol. The number of fused-ring (bicyclic) bond motifs is 2. The van der Waals surface area contributed by atoms with Gasteiger partial charge in [-0.3, -0.25) is 4.79 Å². The topological polar surface area (TPSA) is 54.0 Å². The molecule has 2 N–H and O–H groups in total. The van der Waals surface area contributed by atoms with Crippen LogP contribution in [0.25, 0.3) is 10.6 Å². The molecule has 24 heavy (non-hydrogen) atoms. The maximum absolute atomic E-state index is 12.4. The molecule has 2 atom stereocenters. The largest absolute Gasteiger partial charge is 0.348 e. The standard InChI is InChI=1S/C17H19N3OS.2ClH/c21-16(19-14-8-12-6-7-13(9-14)18-12)15-10-22-17(20-15)11-4-2-1-3-5-11;;/h1-5,10,12-14,18H,6-9H2,(H,19,21);2*1H. The van der Waals surface area contributed by atoms with Gasteiger partial charge in [0.2, 0.25) is 0 Å². The molecule has 0 radical (unpaired) electrons. The molecule has 0 aliphatic carbocycles. The molecular weight excluding hydrogens is 365 g/mol. The maximum atomic E-state index is 12.4. The summed E-state index contributed by atoms with van der Waals surface area (Å²) >= 11 is 1.52. The predicted molar refractivity (Wildman–Crippen MR) is 102 cm³/mol. The van der Waals surface area contributed by atoms with E-state index in [1.807, 2.05) is 35.7 Å². The minimum atomic E-state index is -0.0373. The second kappa shape index (κ2) is 8.30. The van der Waals surface area contributed by atoms with Crippen molar-refractivity contribution in [2.75, 3.05) is 0 Å². The molecule has 2 fully saturated rings. The number of nitrogens with one attached hydrogen (secondary N) is 2. The lowest BCUT2D eigenvalue weighted by Gasteiger charge is -2.29. The van der Waals surface area contributed by atoms with Crippen molar-refractivity contribution in [2.24, 2.45) is 0 Å². The van der Waals surface area contributed by atoms with Gasteiger partial charge in [0.05, 0.1) is 0 Å². The highest BCUT2D eigenvalue weighted by Crippen LogP contribution is 2.27. The second-order valence-corrected chi connectivity index (χ2v) is 7.04. The third-order valence-electron chi connectivity index (χ3n) is 4.57. The number of piperidine rings is 1. The van der Waals surface area contributed by atoms with Crippen LogP contribution in [0.2, 0.25) is 0 Å². The van der Waals surface area contributed by atoms with Crippen molar-refractivity contribution in [3.8, 4) is 10.6 Å². The number of thiazole rings is 1. The van der Waals surface area contributed by atoms with Crippen LogP contribution < -0.4 is 10.6 Å². The van der Waals surface area contributed by atoms with E-state index in [0.717, 1.165) is 23.4 Å². The summed E-state index contributed by atoms with van der Waals surface area (Å²) in [6, 6.07) is 11.4. The van der Waals surface area contributed by atoms with E-state index < -0.39 is 0 Å². The number of nitrogens with zero attached hydrogens (tertiary/aromatic N) is 1. The van der Waals surface area contributed by atoms with E-state index in [0.29, 0.717) is 17.8 Å². The first-order chi connectivity index (χ1) is 10.8. The van der Waals surface area contributed by atoms with Crippen molar-refractivity contribution >= 4 is 42.1 Å². The zero-order chi connectivity index (χ0) is 14.9. The zero-order valence-electron chi connectivity index (χ0n) is 13.1. The molecule has 2 bridgehead atoms. The lowest BCUT2D eigenvalue weighted by atomic mass is 10.00. The number of halogens is 2. The third-order valence-corrected chi connectivity index (χ3v) is 5.46. The number of carbonyl (C=O) groups excluding carboxylic acids is 1. The number of hydrogen-bond acceptors (Lipinski definition) is 4. The van der Waals surface area contributed by atoms with E-state index in [4.69, 9.17) is 0 Å². The highest BCUT2D eigenvalue weighted by molar-refractivity contribution is 7.13. The maximum Gasteiger partial charge on any atom is 0.270 e. The lowest BCUT2D eigenvalue weighted by Crippen LogP contribution is -2.48. The Morgan fingerprint density at radius 3 is 2.46 bits per heavy atom. The van der Waals surface area contributed by atoms with Crippen LogP contribution in [-0.2, 0) is 0 Å². The highest BCUT2D eigenvalue weighted by atomic mass is 35.5. The molecule has 2 aliphatic heterocycles. The summed E-state index contributed by atoms with van der Waals surface area (Å²) in [5.41, 5.74) is 1.60. The fraction of sp³-hybridized carbons (Fsp3) is 0.412. The van der Waals surface area contributed by atoms with E-state index in [2.05, 4.69) is 15.6 Å². The highest BCUT2D eigenvalue weighted by Gasteiger charge is 2.34. The fourth-order valence-corrected chi connectivity index (χ4v) is 4.33. The molecule has 3 heterocycles. The van der Waals surface area contributed by atoms with Crippen LogP contribution in [-0.4, -0.2) is 29.0 Å². The third kappa shape index (κ3) is 4.09. The second-order valence-electron chi connectivity index (χ2n) is 6.18. The number of amides is 1. The molecule has 7 heteroatoms. The van der Waals surface area contributed by atoms with Crippen LogP contribution in [0.1, 0.15) is 36.2 Å². The Morgan fingerprint density at radius 1 is 1.12 bits per heavy atom. The first-order valence-corrected chi connectivity index (χ1v) is 8.74. The van der Waals surface area contributed by atoms with Crippen LogP contribution in [0.3, 0.4) is 0 Å². The average Bonchev–Trinajstić information content (AvgIpc) is 3.15. The van der Waals surface area contributed by atoms with Crippen molar-refractivity contribution in [3.63, 3.8) is 0 Å². The van der Waals surface area contributed by atoms with Crippen LogP contribution in [0.5, 0.6) is 0 Å². The van der Waals surface area contributed by atoms with Gasteiger partial charge in [0, 0.05) is 29.1 Å². The summed E-state index contributed by atoms with van der Waals surface area (Å²) in [5.74, 6) is -0.0373. The van der Waals surface area contributed by atoms with Gasteiger partial charge in [0.25, 0.3) is 5.91 Å². The quantitative estimate of drug-likeness (QED) is 0.847. The Balaban J connectivity index is 0.00000104. The molecule has 2 aliphatic rings. The summed E-state index contributed by atoms with van der Waals surface area (Å²) in [4.78, 5) is 16.9. The molecule has 2 saturated heterocycles. The van der Waals surface area contributed by atoms with E-state index >= 15 is 0 Å². The van der Waals surface area contributed by atoms with E-state index in [-0.39, 0.29) is 36.8 Å². The van der Waals surface area contributed by atoms with Crippen LogP contribution >= 0.6 is 36.2 Å². The molecule has 2 aromatic rings. The first-order valence-electron chi connectivity index (χ1n) is 7.86. The zero-order valence-corrected chi connectivity index (χ0v) is 15.6. The molecule has 130 valence electrons. The SMILES string of the molecule is Cl.Cl.O=C(NC1CC2CCC(C1)N2)c1csc(-c2ccccc2)n1. The molecule has 1 aromatic carbocycles. The van der Waals surface area contributed by atoms with E-state index in [1.165, 1.54) is 24.2 Å². The Morgan fingerprint density at radius 2 is 1.79 bits per heavy atom. The van der Waals surface area contributed by atoms with Crippen LogP contribution in [0.4, 0.5) is 0 Å². The Labute approximate surface area is 158 Å². The minimum absolute atomic E-state index is 0. The van der Waals surface area contributed by atoms with Crippen molar-refractivity contribution in [2.45, 2.75) is 43.8 Å². The minimum Gasteiger partial charge on any atom is -0.348 e. The van der Waals surface area contributed by atoms with Gasteiger partial charge in [-0.05, 0) is 25.7 Å². The van der Waals surface area contributed by atoms with Gasteiger partial charge < -0.3 is 10.6 Å². The van der Waals surface area contributed by atoms with Gasteiger partial charge in [-0.25, -0.2) is 4.98 Å². The molecule has 1 amide bonds. The van der Waals surface area contributed by atoms with Crippen molar-refractivity contribution in [1.29, 1.82) is 0 Å². The number of aromatic nitrogens is 1. The first kappa shape index (κ1) is 19.2. The normalized spacial score (nSPS) is 24.6. The van der Waals surface area contributed by atoms with Gasteiger partial charge >= 0.3 is 0 Å². The van der Waals surface area contributed by atoms with Crippen LogP contribution in [0, 0.1) is 0 Å². The summed E-state index contributed by atoms with van der Waals surface area (Å²) < 4.78 is 0. The summed E-state index contributed by atoms with van der Waals surface area (Å²) in [5, 5.41) is 9.51. The van der Waals surface area contributed by atoms with Crippen molar-refractivity contribution in [3.05, 3.63) is 41.4 Å². The molecule has 0 spiro atoms. The van der Waals surface area contributed by atoms with E-state index in [1.54, 1.807) is 0 Å². The summed E-state index contributed by atoms with van der Waals surface area (Å²) in [6.07, 6.45) is 4.56. The van der Waals surface area contributed by atoms with Gasteiger partial charge in [-0.2, -0.15) is 0 Å². The van der Waals surface area contributed by atoms with Gasteiger partial charge in [-0.1, -0.05) is 30.3 Å². The number of carbonyl (C=O) groups is 1. The molecule has 1 aromatic heterocycles. The van der Waals surface area contributed by atoms with Crippen LogP contribution in [0.15, 0.2) is 35.7 Å². The Hall–Kier alpha value is -1.14. The summed E-state index contributed by atoms with van der Waals surface area (Å²) in [7, 11) is 0. The monoisotopic (exact) mass is 385 g/mol. The molecular formula is C17H21Cl2N3OS. The number of hydrogen-bond donors (Lipinski definition) is 2. The fourth-order valence-electron chi connectivity index (χ4n) is 3.53. The molecule has 0 saturated carbocycles. The predicted octanol–water partition coefficient (Wildman–Crippen LogP) is 3.67. The smallest absolute Gasteiger partial charge is 0.270 e. The van der Waals surface area contributed by atoms with Crippen molar-refractivity contribution < 1.29 is 4.79 Å². The Kier molecular flexibility index (Phi) is 6.63. The number of rotatable bonds is 3. The Bertz CT molecular complexity index is 667.